The first-order chi connectivity index (χ1) is 12.2. The summed E-state index contributed by atoms with van der Waals surface area (Å²) in [5.41, 5.74) is 0.572. The van der Waals surface area contributed by atoms with E-state index < -0.39 is 18.1 Å². The number of likely N-dealkylation sites (N-methyl/N-ethyl adjacent to an activating group) is 1. The molecule has 1 aliphatic rings. The number of rotatable bonds is 6. The molecule has 146 valence electrons. The SMILES string of the molecule is CNC(=O)C(NCC[C@]1(c2ccc(Cl)c(Cl)c2)CCCNC1)C(F)(F)F. The zero-order chi connectivity index (χ0) is 19.4. The fourth-order valence-corrected chi connectivity index (χ4v) is 3.65. The quantitative estimate of drug-likeness (QED) is 0.673. The van der Waals surface area contributed by atoms with Crippen molar-refractivity contribution in [2.75, 3.05) is 26.7 Å². The van der Waals surface area contributed by atoms with Crippen LogP contribution >= 0.6 is 23.2 Å². The van der Waals surface area contributed by atoms with Gasteiger partial charge in [0.05, 0.1) is 10.0 Å². The van der Waals surface area contributed by atoms with Gasteiger partial charge in [-0.3, -0.25) is 10.1 Å². The van der Waals surface area contributed by atoms with Crippen LogP contribution in [0.4, 0.5) is 13.2 Å². The first-order valence-electron chi connectivity index (χ1n) is 8.37. The molecule has 0 aromatic heterocycles. The molecule has 0 saturated carbocycles. The molecule has 1 aromatic rings. The molecule has 1 aromatic carbocycles. The third-order valence-corrected chi connectivity index (χ3v) is 5.53. The number of hydrogen-bond acceptors (Lipinski definition) is 3. The summed E-state index contributed by atoms with van der Waals surface area (Å²) in [7, 11) is 1.19. The van der Waals surface area contributed by atoms with Crippen molar-refractivity contribution in [2.45, 2.75) is 36.9 Å². The maximum atomic E-state index is 13.1. The summed E-state index contributed by atoms with van der Waals surface area (Å²) >= 11 is 12.1. The molecule has 1 fully saturated rings. The fourth-order valence-electron chi connectivity index (χ4n) is 3.36. The lowest BCUT2D eigenvalue weighted by atomic mass is 9.72. The third-order valence-electron chi connectivity index (χ3n) is 4.79. The van der Waals surface area contributed by atoms with Crippen LogP contribution in [0.5, 0.6) is 0 Å². The summed E-state index contributed by atoms with van der Waals surface area (Å²) in [6.45, 7) is 1.53. The lowest BCUT2D eigenvalue weighted by Crippen LogP contribution is -2.54. The van der Waals surface area contributed by atoms with Crippen molar-refractivity contribution >= 4 is 29.1 Å². The maximum Gasteiger partial charge on any atom is 0.412 e. The van der Waals surface area contributed by atoms with Crippen molar-refractivity contribution in [1.82, 2.24) is 16.0 Å². The smallest absolute Gasteiger partial charge is 0.358 e. The number of nitrogens with one attached hydrogen (secondary N) is 3. The number of halogens is 5. The molecule has 0 aliphatic carbocycles. The van der Waals surface area contributed by atoms with Crippen LogP contribution in [0.25, 0.3) is 0 Å². The van der Waals surface area contributed by atoms with E-state index in [4.69, 9.17) is 23.2 Å². The molecular formula is C17H22Cl2F3N3O. The minimum absolute atomic E-state index is 0.0412. The number of carbonyl (C=O) groups is 1. The Balaban J connectivity index is 2.15. The van der Waals surface area contributed by atoms with Gasteiger partial charge in [0.25, 0.3) is 0 Å². The van der Waals surface area contributed by atoms with E-state index in [9.17, 15) is 18.0 Å². The Morgan fingerprint density at radius 3 is 2.62 bits per heavy atom. The van der Waals surface area contributed by atoms with Crippen molar-refractivity contribution in [1.29, 1.82) is 0 Å². The maximum absolute atomic E-state index is 13.1. The van der Waals surface area contributed by atoms with Crippen LogP contribution in [0.15, 0.2) is 18.2 Å². The van der Waals surface area contributed by atoms with Crippen LogP contribution in [-0.4, -0.2) is 44.8 Å². The number of amides is 1. The van der Waals surface area contributed by atoms with E-state index in [1.807, 2.05) is 11.4 Å². The van der Waals surface area contributed by atoms with Gasteiger partial charge in [-0.2, -0.15) is 13.2 Å². The van der Waals surface area contributed by atoms with E-state index in [2.05, 4.69) is 10.6 Å². The highest BCUT2D eigenvalue weighted by Crippen LogP contribution is 2.37. The molecule has 2 atom stereocenters. The Morgan fingerprint density at radius 2 is 2.08 bits per heavy atom. The fraction of sp³-hybridized carbons (Fsp3) is 0.588. The van der Waals surface area contributed by atoms with Crippen molar-refractivity contribution in [3.8, 4) is 0 Å². The number of hydrogen-bond donors (Lipinski definition) is 3. The highest BCUT2D eigenvalue weighted by atomic mass is 35.5. The lowest BCUT2D eigenvalue weighted by Gasteiger charge is -2.39. The molecule has 2 rings (SSSR count). The molecular weight excluding hydrogens is 390 g/mol. The summed E-state index contributed by atoms with van der Waals surface area (Å²) in [6.07, 6.45) is -2.50. The van der Waals surface area contributed by atoms with E-state index in [1.165, 1.54) is 7.05 Å². The molecule has 3 N–H and O–H groups in total. The Morgan fingerprint density at radius 1 is 1.35 bits per heavy atom. The highest BCUT2D eigenvalue weighted by Gasteiger charge is 2.44. The number of carbonyl (C=O) groups excluding carboxylic acids is 1. The Bertz CT molecular complexity index is 634. The molecule has 1 amide bonds. The summed E-state index contributed by atoms with van der Waals surface area (Å²) < 4.78 is 39.2. The summed E-state index contributed by atoms with van der Waals surface area (Å²) in [5, 5.41) is 8.56. The van der Waals surface area contributed by atoms with Gasteiger partial charge < -0.3 is 10.6 Å². The van der Waals surface area contributed by atoms with Gasteiger partial charge in [-0.1, -0.05) is 29.3 Å². The van der Waals surface area contributed by atoms with Crippen LogP contribution in [0.3, 0.4) is 0 Å². The van der Waals surface area contributed by atoms with Gasteiger partial charge >= 0.3 is 6.18 Å². The van der Waals surface area contributed by atoms with Crippen molar-refractivity contribution in [3.63, 3.8) is 0 Å². The van der Waals surface area contributed by atoms with Gasteiger partial charge in [-0.05, 0) is 50.0 Å². The largest absolute Gasteiger partial charge is 0.412 e. The molecule has 26 heavy (non-hydrogen) atoms. The topological polar surface area (TPSA) is 53.2 Å². The molecule has 1 saturated heterocycles. The molecule has 4 nitrogen and oxygen atoms in total. The van der Waals surface area contributed by atoms with Crippen molar-refractivity contribution in [3.05, 3.63) is 33.8 Å². The second-order valence-electron chi connectivity index (χ2n) is 6.48. The molecule has 0 bridgehead atoms. The van der Waals surface area contributed by atoms with E-state index in [1.54, 1.807) is 12.1 Å². The normalized spacial score (nSPS) is 22.1. The van der Waals surface area contributed by atoms with Crippen molar-refractivity contribution in [2.24, 2.45) is 0 Å². The van der Waals surface area contributed by atoms with Crippen molar-refractivity contribution < 1.29 is 18.0 Å². The standard InChI is InChI=1S/C17H22Cl2F3N3O/c1-23-15(26)14(17(20,21)22)25-8-6-16(5-2-7-24-10-16)11-3-4-12(18)13(19)9-11/h3-4,9,14,24-25H,2,5-8,10H2,1H3,(H,23,26)/t14?,16-/m1/s1. The van der Waals surface area contributed by atoms with Crippen LogP contribution < -0.4 is 16.0 Å². The zero-order valence-corrected chi connectivity index (χ0v) is 15.9. The molecule has 1 unspecified atom stereocenters. The predicted molar refractivity (Wildman–Crippen MR) is 96.8 cm³/mol. The Kier molecular flexibility index (Phi) is 7.19. The van der Waals surface area contributed by atoms with E-state index in [0.717, 1.165) is 24.9 Å². The lowest BCUT2D eigenvalue weighted by molar-refractivity contribution is -0.168. The Hall–Kier alpha value is -1.02. The van der Waals surface area contributed by atoms with Crippen LogP contribution in [0.2, 0.25) is 10.0 Å². The zero-order valence-electron chi connectivity index (χ0n) is 14.4. The number of benzene rings is 1. The number of piperidine rings is 1. The molecule has 1 heterocycles. The summed E-state index contributed by atoms with van der Waals surface area (Å²) in [4.78, 5) is 11.5. The number of alkyl halides is 3. The monoisotopic (exact) mass is 411 g/mol. The van der Waals surface area contributed by atoms with Crippen LogP contribution in [-0.2, 0) is 10.2 Å². The van der Waals surface area contributed by atoms with Crippen LogP contribution in [0.1, 0.15) is 24.8 Å². The van der Waals surface area contributed by atoms with Gasteiger partial charge in [0.1, 0.15) is 0 Å². The minimum atomic E-state index is -4.65. The second-order valence-corrected chi connectivity index (χ2v) is 7.30. The Labute approximate surface area is 160 Å². The average molecular weight is 412 g/mol. The third kappa shape index (κ3) is 5.03. The predicted octanol–water partition coefficient (Wildman–Crippen LogP) is 3.27. The molecule has 0 radical (unpaired) electrons. The summed E-state index contributed by atoms with van der Waals surface area (Å²) in [6, 6.07) is 3.11. The van der Waals surface area contributed by atoms with E-state index >= 15 is 0 Å². The molecule has 1 aliphatic heterocycles. The van der Waals surface area contributed by atoms with E-state index in [0.29, 0.717) is 23.0 Å². The highest BCUT2D eigenvalue weighted by molar-refractivity contribution is 6.42. The summed E-state index contributed by atoms with van der Waals surface area (Å²) in [5.74, 6) is -1.09. The molecule has 9 heteroatoms. The first kappa shape index (κ1) is 21.3. The van der Waals surface area contributed by atoms with Gasteiger partial charge in [0, 0.05) is 19.0 Å². The first-order valence-corrected chi connectivity index (χ1v) is 9.13. The van der Waals surface area contributed by atoms with E-state index in [-0.39, 0.29) is 12.0 Å². The van der Waals surface area contributed by atoms with Crippen LogP contribution in [0, 0.1) is 0 Å². The second kappa shape index (κ2) is 8.78. The van der Waals surface area contributed by atoms with Gasteiger partial charge in [-0.25, -0.2) is 0 Å². The molecule has 0 spiro atoms. The minimum Gasteiger partial charge on any atom is -0.358 e. The van der Waals surface area contributed by atoms with Gasteiger partial charge in [0.2, 0.25) is 5.91 Å². The average Bonchev–Trinajstić information content (AvgIpc) is 2.60. The van der Waals surface area contributed by atoms with Gasteiger partial charge in [-0.15, -0.1) is 0 Å². The van der Waals surface area contributed by atoms with Gasteiger partial charge in [0.15, 0.2) is 6.04 Å².